The van der Waals surface area contributed by atoms with Gasteiger partial charge in [-0.1, -0.05) is 18.2 Å². The predicted octanol–water partition coefficient (Wildman–Crippen LogP) is 4.94. The minimum atomic E-state index is -0.384. The summed E-state index contributed by atoms with van der Waals surface area (Å²) in [4.78, 5) is 17.1. The van der Waals surface area contributed by atoms with Crippen LogP contribution in [-0.4, -0.2) is 22.5 Å². The van der Waals surface area contributed by atoms with Gasteiger partial charge < -0.3 is 10.1 Å². The molecule has 0 aliphatic carbocycles. The molecule has 4 rings (SSSR count). The number of nitrogens with one attached hydrogen (secondary N) is 1. The van der Waals surface area contributed by atoms with Gasteiger partial charge in [-0.2, -0.15) is 0 Å². The first-order valence-electron chi connectivity index (χ1n) is 8.83. The average molecular weight is 359 g/mol. The van der Waals surface area contributed by atoms with Gasteiger partial charge in [0.25, 0.3) is 0 Å². The Bertz CT molecular complexity index is 1190. The van der Waals surface area contributed by atoms with Gasteiger partial charge in [0, 0.05) is 5.69 Å². The fourth-order valence-corrected chi connectivity index (χ4v) is 3.37. The SMILES string of the molecule is COC(=O)c1c(C)cc(Nc2ccc(C)c(C)c2)n2c1nc1ccccc12. The van der Waals surface area contributed by atoms with E-state index in [1.54, 1.807) is 0 Å². The molecular formula is C22H21N3O2. The third kappa shape index (κ3) is 2.81. The number of anilines is 2. The van der Waals surface area contributed by atoms with Gasteiger partial charge in [-0.3, -0.25) is 4.40 Å². The Morgan fingerprint density at radius 2 is 1.78 bits per heavy atom. The van der Waals surface area contributed by atoms with Crippen molar-refractivity contribution in [2.75, 3.05) is 12.4 Å². The normalized spacial score (nSPS) is 11.1. The molecule has 1 N–H and O–H groups in total. The number of esters is 1. The van der Waals surface area contributed by atoms with Crippen LogP contribution in [0, 0.1) is 20.8 Å². The van der Waals surface area contributed by atoms with E-state index in [-0.39, 0.29) is 5.97 Å². The smallest absolute Gasteiger partial charge is 0.341 e. The molecule has 0 saturated carbocycles. The highest BCUT2D eigenvalue weighted by molar-refractivity contribution is 6.00. The molecule has 27 heavy (non-hydrogen) atoms. The number of carbonyl (C=O) groups excluding carboxylic acids is 1. The molecule has 136 valence electrons. The minimum absolute atomic E-state index is 0.384. The Morgan fingerprint density at radius 1 is 1.00 bits per heavy atom. The Labute approximate surface area is 157 Å². The zero-order valence-electron chi connectivity index (χ0n) is 15.8. The van der Waals surface area contributed by atoms with E-state index in [1.807, 2.05) is 41.7 Å². The summed E-state index contributed by atoms with van der Waals surface area (Å²) in [5.74, 6) is 0.470. The molecule has 0 aliphatic heterocycles. The summed E-state index contributed by atoms with van der Waals surface area (Å²) in [6.45, 7) is 6.08. The molecule has 0 bridgehead atoms. The molecular weight excluding hydrogens is 338 g/mol. The number of benzene rings is 2. The van der Waals surface area contributed by atoms with E-state index in [0.29, 0.717) is 11.2 Å². The van der Waals surface area contributed by atoms with Gasteiger partial charge in [-0.05, 0) is 67.8 Å². The van der Waals surface area contributed by atoms with Crippen LogP contribution in [0.3, 0.4) is 0 Å². The van der Waals surface area contributed by atoms with Crippen molar-refractivity contribution in [1.82, 2.24) is 9.38 Å². The second kappa shape index (κ2) is 6.43. The van der Waals surface area contributed by atoms with Gasteiger partial charge in [-0.15, -0.1) is 0 Å². The minimum Gasteiger partial charge on any atom is -0.465 e. The Balaban J connectivity index is 2.00. The largest absolute Gasteiger partial charge is 0.465 e. The number of para-hydroxylation sites is 2. The molecule has 0 amide bonds. The topological polar surface area (TPSA) is 55.6 Å². The fraction of sp³-hybridized carbons (Fsp3) is 0.182. The van der Waals surface area contributed by atoms with Crippen LogP contribution < -0.4 is 5.32 Å². The molecule has 0 aliphatic rings. The van der Waals surface area contributed by atoms with Crippen LogP contribution in [0.2, 0.25) is 0 Å². The van der Waals surface area contributed by atoms with E-state index in [9.17, 15) is 4.79 Å². The van der Waals surface area contributed by atoms with Crippen molar-refractivity contribution in [3.63, 3.8) is 0 Å². The van der Waals surface area contributed by atoms with Gasteiger partial charge in [0.05, 0.1) is 18.1 Å². The first-order valence-corrected chi connectivity index (χ1v) is 8.83. The summed E-state index contributed by atoms with van der Waals surface area (Å²) in [6.07, 6.45) is 0. The standard InChI is InChI=1S/C22H21N3O2/c1-13-9-10-16(11-14(13)2)23-19-12-15(3)20(22(26)27-4)21-24-17-7-5-6-8-18(17)25(19)21/h5-12,23H,1-4H3. The predicted molar refractivity (Wildman–Crippen MR) is 108 cm³/mol. The molecule has 0 radical (unpaired) electrons. The third-order valence-corrected chi connectivity index (χ3v) is 4.94. The highest BCUT2D eigenvalue weighted by Crippen LogP contribution is 2.29. The van der Waals surface area contributed by atoms with Gasteiger partial charge >= 0.3 is 5.97 Å². The number of carbonyl (C=O) groups is 1. The molecule has 2 aromatic carbocycles. The Morgan fingerprint density at radius 3 is 2.52 bits per heavy atom. The molecule has 0 spiro atoms. The molecule has 5 nitrogen and oxygen atoms in total. The number of methoxy groups -OCH3 is 1. The first kappa shape index (κ1) is 17.1. The highest BCUT2D eigenvalue weighted by Gasteiger charge is 2.20. The number of pyridine rings is 1. The third-order valence-electron chi connectivity index (χ3n) is 4.94. The number of aromatic nitrogens is 2. The maximum Gasteiger partial charge on any atom is 0.341 e. The van der Waals surface area contributed by atoms with E-state index in [2.05, 4.69) is 37.4 Å². The number of imidazole rings is 1. The number of aryl methyl sites for hydroxylation is 3. The molecule has 0 atom stereocenters. The van der Waals surface area contributed by atoms with Crippen molar-refractivity contribution in [3.8, 4) is 0 Å². The van der Waals surface area contributed by atoms with Crippen molar-refractivity contribution < 1.29 is 9.53 Å². The Kier molecular flexibility index (Phi) is 4.07. The van der Waals surface area contributed by atoms with Crippen LogP contribution in [0.1, 0.15) is 27.0 Å². The average Bonchev–Trinajstić information content (AvgIpc) is 3.03. The summed E-state index contributed by atoms with van der Waals surface area (Å²) in [5.41, 5.74) is 7.11. The van der Waals surface area contributed by atoms with E-state index >= 15 is 0 Å². The molecule has 2 heterocycles. The summed E-state index contributed by atoms with van der Waals surface area (Å²) in [6, 6.07) is 16.1. The van der Waals surface area contributed by atoms with Crippen LogP contribution in [0.5, 0.6) is 0 Å². The molecule has 0 fully saturated rings. The lowest BCUT2D eigenvalue weighted by Gasteiger charge is -2.15. The van der Waals surface area contributed by atoms with Gasteiger partial charge in [0.15, 0.2) is 5.65 Å². The van der Waals surface area contributed by atoms with Crippen molar-refractivity contribution in [1.29, 1.82) is 0 Å². The number of rotatable bonds is 3. The maximum absolute atomic E-state index is 12.4. The van der Waals surface area contributed by atoms with Crippen molar-refractivity contribution >= 4 is 34.2 Å². The zero-order valence-corrected chi connectivity index (χ0v) is 15.8. The van der Waals surface area contributed by atoms with E-state index in [4.69, 9.17) is 9.72 Å². The van der Waals surface area contributed by atoms with E-state index < -0.39 is 0 Å². The van der Waals surface area contributed by atoms with Crippen LogP contribution in [0.4, 0.5) is 11.5 Å². The lowest BCUT2D eigenvalue weighted by Crippen LogP contribution is -2.09. The number of hydrogen-bond acceptors (Lipinski definition) is 4. The van der Waals surface area contributed by atoms with Crippen LogP contribution >= 0.6 is 0 Å². The van der Waals surface area contributed by atoms with E-state index in [0.717, 1.165) is 28.1 Å². The second-order valence-electron chi connectivity index (χ2n) is 6.76. The van der Waals surface area contributed by atoms with Crippen LogP contribution in [0.25, 0.3) is 16.7 Å². The summed E-state index contributed by atoms with van der Waals surface area (Å²) >= 11 is 0. The molecule has 2 aromatic heterocycles. The second-order valence-corrected chi connectivity index (χ2v) is 6.76. The van der Waals surface area contributed by atoms with Gasteiger partial charge in [0.2, 0.25) is 0 Å². The fourth-order valence-electron chi connectivity index (χ4n) is 3.37. The number of nitrogens with zero attached hydrogens (tertiary/aromatic N) is 2. The lowest BCUT2D eigenvalue weighted by molar-refractivity contribution is 0.0601. The van der Waals surface area contributed by atoms with Gasteiger partial charge in [-0.25, -0.2) is 9.78 Å². The lowest BCUT2D eigenvalue weighted by atomic mass is 10.1. The summed E-state index contributed by atoms with van der Waals surface area (Å²) < 4.78 is 6.97. The molecule has 0 unspecified atom stereocenters. The first-order chi connectivity index (χ1) is 13.0. The maximum atomic E-state index is 12.4. The summed E-state index contributed by atoms with van der Waals surface area (Å²) in [7, 11) is 1.39. The number of hydrogen-bond donors (Lipinski definition) is 1. The van der Waals surface area contributed by atoms with E-state index in [1.165, 1.54) is 18.2 Å². The number of ether oxygens (including phenoxy) is 1. The summed E-state index contributed by atoms with van der Waals surface area (Å²) in [5, 5.41) is 3.49. The zero-order chi connectivity index (χ0) is 19.1. The van der Waals surface area contributed by atoms with Crippen LogP contribution in [0.15, 0.2) is 48.5 Å². The quantitative estimate of drug-likeness (QED) is 0.526. The molecule has 0 saturated heterocycles. The number of fused-ring (bicyclic) bond motifs is 3. The van der Waals surface area contributed by atoms with Crippen LogP contribution in [-0.2, 0) is 4.74 Å². The Hall–Kier alpha value is -3.34. The van der Waals surface area contributed by atoms with Crippen molar-refractivity contribution in [2.45, 2.75) is 20.8 Å². The van der Waals surface area contributed by atoms with Crippen molar-refractivity contribution in [2.24, 2.45) is 0 Å². The molecule has 5 heteroatoms. The molecule has 4 aromatic rings. The van der Waals surface area contributed by atoms with Gasteiger partial charge in [0.1, 0.15) is 11.4 Å². The highest BCUT2D eigenvalue weighted by atomic mass is 16.5. The van der Waals surface area contributed by atoms with Crippen molar-refractivity contribution in [3.05, 3.63) is 70.8 Å². The monoisotopic (exact) mass is 359 g/mol.